The molecule has 1 aromatic carbocycles. The number of rotatable bonds is 2. The Morgan fingerprint density at radius 1 is 1.44 bits per heavy atom. The highest BCUT2D eigenvalue weighted by Gasteiger charge is 2.03. The number of H-pyrrole nitrogens is 1. The van der Waals surface area contributed by atoms with Gasteiger partial charge in [-0.15, -0.1) is 0 Å². The molecule has 0 aliphatic carbocycles. The Kier molecular flexibility index (Phi) is 5.34. The van der Waals surface area contributed by atoms with E-state index in [-0.39, 0.29) is 0 Å². The highest BCUT2D eigenvalue weighted by Crippen LogP contribution is 2.22. The minimum absolute atomic E-state index is 0.789. The Bertz CT molecular complexity index is 558. The lowest BCUT2D eigenvalue weighted by Gasteiger charge is -2.01. The molecule has 0 saturated heterocycles. The van der Waals surface area contributed by atoms with Crippen LogP contribution in [0.2, 0.25) is 5.02 Å². The average molecular weight is 293 g/mol. The van der Waals surface area contributed by atoms with Gasteiger partial charge in [-0.25, -0.2) is 0 Å². The van der Waals surface area contributed by atoms with Crippen LogP contribution in [0.15, 0.2) is 24.4 Å². The van der Waals surface area contributed by atoms with Gasteiger partial charge in [0.1, 0.15) is 0 Å². The summed E-state index contributed by atoms with van der Waals surface area (Å²) in [7, 11) is -4.89. The van der Waals surface area contributed by atoms with E-state index in [1.54, 1.807) is 0 Å². The lowest BCUT2D eigenvalue weighted by molar-refractivity contribution is -0.366. The topological polar surface area (TPSA) is 124 Å². The van der Waals surface area contributed by atoms with Gasteiger partial charge in [-0.2, -0.15) is 0 Å². The number of phosphoric acid groups is 1. The Morgan fingerprint density at radius 2 is 2.06 bits per heavy atom. The molecular weight excluding hydrogens is 279 g/mol. The van der Waals surface area contributed by atoms with Crippen molar-refractivity contribution in [3.63, 3.8) is 0 Å². The van der Waals surface area contributed by atoms with E-state index in [1.807, 2.05) is 24.4 Å². The SMILES string of the molecule is O=P([O-])(O)O.[NH3+]CCc1c[nH]c2ccc(Cl)cc12. The fourth-order valence-corrected chi connectivity index (χ4v) is 1.72. The highest BCUT2D eigenvalue weighted by molar-refractivity contribution is 7.43. The first-order valence-electron chi connectivity index (χ1n) is 5.12. The number of fused-ring (bicyclic) bond motifs is 1. The lowest BCUT2D eigenvalue weighted by atomic mass is 10.1. The standard InChI is InChI=1S/C10H11ClN2.H3O4P/c11-8-1-2-10-9(5-8)7(3-4-12)6-13-10;1-5(2,3)4/h1-2,5-6,13H,3-4,12H2;(H3,1,2,3,4). The van der Waals surface area contributed by atoms with Gasteiger partial charge in [-0.1, -0.05) is 11.6 Å². The van der Waals surface area contributed by atoms with Gasteiger partial charge in [0, 0.05) is 28.5 Å². The zero-order chi connectivity index (χ0) is 13.8. The van der Waals surface area contributed by atoms with Crippen LogP contribution in [0, 0.1) is 0 Å². The van der Waals surface area contributed by atoms with E-state index in [4.69, 9.17) is 30.8 Å². The third-order valence-electron chi connectivity index (χ3n) is 2.18. The summed E-state index contributed by atoms with van der Waals surface area (Å²) in [4.78, 5) is 26.1. The molecule has 1 heterocycles. The van der Waals surface area contributed by atoms with Crippen molar-refractivity contribution in [2.75, 3.05) is 6.54 Å². The second-order valence-electron chi connectivity index (χ2n) is 3.60. The summed E-state index contributed by atoms with van der Waals surface area (Å²) < 4.78 is 8.77. The largest absolute Gasteiger partial charge is 0.756 e. The Morgan fingerprint density at radius 3 is 2.61 bits per heavy atom. The van der Waals surface area contributed by atoms with E-state index < -0.39 is 7.82 Å². The Balaban J connectivity index is 0.000000280. The Labute approximate surface area is 109 Å². The van der Waals surface area contributed by atoms with Crippen LogP contribution in [0.25, 0.3) is 10.9 Å². The summed E-state index contributed by atoms with van der Waals surface area (Å²) >= 11 is 5.92. The second kappa shape index (κ2) is 6.33. The van der Waals surface area contributed by atoms with Gasteiger partial charge in [0.25, 0.3) is 7.82 Å². The van der Waals surface area contributed by atoms with Crippen LogP contribution in [0.3, 0.4) is 0 Å². The van der Waals surface area contributed by atoms with Gasteiger partial charge < -0.3 is 25.4 Å². The molecule has 100 valence electrons. The van der Waals surface area contributed by atoms with E-state index in [0.29, 0.717) is 0 Å². The number of benzene rings is 1. The summed E-state index contributed by atoms with van der Waals surface area (Å²) in [5, 5.41) is 2.01. The molecule has 0 radical (unpaired) electrons. The van der Waals surface area contributed by atoms with Crippen molar-refractivity contribution in [3.05, 3.63) is 35.0 Å². The molecule has 0 atom stereocenters. The minimum atomic E-state index is -4.89. The van der Waals surface area contributed by atoms with Gasteiger partial charge in [-0.3, -0.25) is 4.57 Å². The van der Waals surface area contributed by atoms with Gasteiger partial charge in [0.15, 0.2) is 0 Å². The van der Waals surface area contributed by atoms with Gasteiger partial charge >= 0.3 is 0 Å². The quantitative estimate of drug-likeness (QED) is 0.584. The predicted octanol–water partition coefficient (Wildman–Crippen LogP) is 0.0451. The van der Waals surface area contributed by atoms with Crippen LogP contribution in [-0.4, -0.2) is 21.3 Å². The molecule has 0 amide bonds. The maximum absolute atomic E-state index is 8.77. The van der Waals surface area contributed by atoms with Crippen molar-refractivity contribution in [3.8, 4) is 0 Å². The predicted molar refractivity (Wildman–Crippen MR) is 66.8 cm³/mol. The van der Waals surface area contributed by atoms with Crippen molar-refractivity contribution >= 4 is 30.3 Å². The van der Waals surface area contributed by atoms with Gasteiger partial charge in [0.2, 0.25) is 0 Å². The molecule has 2 rings (SSSR count). The maximum atomic E-state index is 8.77. The number of hydrogen-bond acceptors (Lipinski definition) is 2. The average Bonchev–Trinajstić information content (AvgIpc) is 2.59. The normalized spacial score (nSPS) is 11.2. The van der Waals surface area contributed by atoms with Gasteiger partial charge in [0.05, 0.1) is 6.54 Å². The van der Waals surface area contributed by atoms with Crippen molar-refractivity contribution in [2.45, 2.75) is 6.42 Å². The molecule has 0 bridgehead atoms. The third kappa shape index (κ3) is 5.18. The molecule has 0 unspecified atom stereocenters. The monoisotopic (exact) mass is 292 g/mol. The van der Waals surface area contributed by atoms with E-state index in [1.165, 1.54) is 10.9 Å². The number of hydrogen-bond donors (Lipinski definition) is 4. The van der Waals surface area contributed by atoms with Crippen LogP contribution in [0.5, 0.6) is 0 Å². The lowest BCUT2D eigenvalue weighted by Crippen LogP contribution is -2.51. The molecular formula is C10H14ClN2O4P. The summed E-state index contributed by atoms with van der Waals surface area (Å²) in [6.45, 7) is 0.916. The molecule has 0 aliphatic heterocycles. The zero-order valence-corrected chi connectivity index (χ0v) is 11.1. The van der Waals surface area contributed by atoms with Crippen molar-refractivity contribution in [1.29, 1.82) is 0 Å². The number of quaternary nitrogens is 1. The van der Waals surface area contributed by atoms with Gasteiger partial charge in [-0.05, 0) is 23.8 Å². The molecule has 8 heteroatoms. The van der Waals surface area contributed by atoms with Crippen LogP contribution in [-0.2, 0) is 11.0 Å². The first kappa shape index (κ1) is 15.2. The molecule has 6 N–H and O–H groups in total. The molecule has 0 fully saturated rings. The van der Waals surface area contributed by atoms with E-state index in [0.717, 1.165) is 23.5 Å². The molecule has 1 aromatic heterocycles. The van der Waals surface area contributed by atoms with E-state index in [2.05, 4.69) is 10.7 Å². The molecule has 2 aromatic rings. The number of nitrogens with one attached hydrogen (secondary N) is 1. The van der Waals surface area contributed by atoms with Crippen molar-refractivity contribution in [2.24, 2.45) is 0 Å². The van der Waals surface area contributed by atoms with Crippen LogP contribution in [0.1, 0.15) is 5.56 Å². The number of halogens is 1. The van der Waals surface area contributed by atoms with Crippen molar-refractivity contribution in [1.82, 2.24) is 4.98 Å². The maximum Gasteiger partial charge on any atom is 0.262 e. The Hall–Kier alpha value is -0.880. The second-order valence-corrected chi connectivity index (χ2v) is 5.02. The van der Waals surface area contributed by atoms with Crippen molar-refractivity contribution < 1.29 is 25.0 Å². The number of aromatic nitrogens is 1. The van der Waals surface area contributed by atoms with Crippen LogP contribution < -0.4 is 10.6 Å². The first-order valence-corrected chi connectivity index (χ1v) is 7.03. The zero-order valence-electron chi connectivity index (χ0n) is 9.47. The molecule has 0 aliphatic rings. The summed E-state index contributed by atoms with van der Waals surface area (Å²) in [6.07, 6.45) is 3.03. The first-order chi connectivity index (χ1) is 8.31. The molecule has 0 spiro atoms. The summed E-state index contributed by atoms with van der Waals surface area (Å²) in [6, 6.07) is 5.90. The minimum Gasteiger partial charge on any atom is -0.756 e. The fourth-order valence-electron chi connectivity index (χ4n) is 1.55. The van der Waals surface area contributed by atoms with Crippen LogP contribution >= 0.6 is 19.4 Å². The highest BCUT2D eigenvalue weighted by atomic mass is 35.5. The van der Waals surface area contributed by atoms with E-state index in [9.17, 15) is 0 Å². The fraction of sp³-hybridized carbons (Fsp3) is 0.200. The number of aromatic amines is 1. The molecule has 18 heavy (non-hydrogen) atoms. The summed E-state index contributed by atoms with van der Waals surface area (Å²) in [5.74, 6) is 0. The summed E-state index contributed by atoms with van der Waals surface area (Å²) in [5.41, 5.74) is 6.29. The molecule has 6 nitrogen and oxygen atoms in total. The molecule has 0 saturated carbocycles. The van der Waals surface area contributed by atoms with E-state index >= 15 is 0 Å². The van der Waals surface area contributed by atoms with Crippen LogP contribution in [0.4, 0.5) is 0 Å². The smallest absolute Gasteiger partial charge is 0.262 e. The third-order valence-corrected chi connectivity index (χ3v) is 2.41.